The molecule has 0 bridgehead atoms. The highest BCUT2D eigenvalue weighted by Crippen LogP contribution is 2.17. The number of rotatable bonds is 8. The van der Waals surface area contributed by atoms with Crippen LogP contribution in [0.5, 0.6) is 5.75 Å². The molecule has 1 N–H and O–H groups in total. The van der Waals surface area contributed by atoms with Gasteiger partial charge in [-0.2, -0.15) is 0 Å². The van der Waals surface area contributed by atoms with Crippen LogP contribution in [0.15, 0.2) is 24.3 Å². The van der Waals surface area contributed by atoms with Crippen molar-refractivity contribution in [3.8, 4) is 5.75 Å². The zero-order valence-corrected chi connectivity index (χ0v) is 14.7. The van der Waals surface area contributed by atoms with Crippen LogP contribution in [-0.4, -0.2) is 43.1 Å². The largest absolute Gasteiger partial charge is 0.494 e. The topological polar surface area (TPSA) is 41.6 Å². The number of nitrogens with zero attached hydrogens (tertiary/aromatic N) is 1. The summed E-state index contributed by atoms with van der Waals surface area (Å²) < 4.78 is 5.42. The van der Waals surface area contributed by atoms with E-state index in [9.17, 15) is 4.79 Å². The van der Waals surface area contributed by atoms with Crippen molar-refractivity contribution < 1.29 is 9.53 Å². The van der Waals surface area contributed by atoms with E-state index in [0.29, 0.717) is 25.0 Å². The molecular formula is C19H30N2O2. The van der Waals surface area contributed by atoms with Crippen LogP contribution in [0.25, 0.3) is 0 Å². The van der Waals surface area contributed by atoms with Crippen LogP contribution in [0.1, 0.15) is 39.2 Å². The van der Waals surface area contributed by atoms with Crippen molar-refractivity contribution in [2.24, 2.45) is 5.92 Å². The van der Waals surface area contributed by atoms with Gasteiger partial charge in [0.2, 0.25) is 5.91 Å². The lowest BCUT2D eigenvalue weighted by atomic mass is 10.0. The van der Waals surface area contributed by atoms with Gasteiger partial charge in [-0.15, -0.1) is 0 Å². The lowest BCUT2D eigenvalue weighted by Crippen LogP contribution is -2.45. The van der Waals surface area contributed by atoms with E-state index in [0.717, 1.165) is 30.9 Å². The monoisotopic (exact) mass is 318 g/mol. The minimum Gasteiger partial charge on any atom is -0.494 e. The molecule has 1 fully saturated rings. The number of carbonyl (C=O) groups is 1. The van der Waals surface area contributed by atoms with Gasteiger partial charge in [-0.05, 0) is 56.5 Å². The molecule has 4 nitrogen and oxygen atoms in total. The molecule has 128 valence electrons. The van der Waals surface area contributed by atoms with Gasteiger partial charge in [0.1, 0.15) is 5.75 Å². The number of likely N-dealkylation sites (tertiary alicyclic amines) is 1. The van der Waals surface area contributed by atoms with Gasteiger partial charge in [0.05, 0.1) is 13.0 Å². The minimum atomic E-state index is 0.0963. The van der Waals surface area contributed by atoms with Gasteiger partial charge in [-0.1, -0.05) is 26.0 Å². The summed E-state index contributed by atoms with van der Waals surface area (Å²) in [7, 11) is 0. The lowest BCUT2D eigenvalue weighted by molar-refractivity contribution is -0.120. The highest BCUT2D eigenvalue weighted by Gasteiger charge is 2.24. The number of benzene rings is 1. The van der Waals surface area contributed by atoms with Crippen molar-refractivity contribution in [3.63, 3.8) is 0 Å². The van der Waals surface area contributed by atoms with Crippen LogP contribution in [0.2, 0.25) is 0 Å². The molecule has 4 heteroatoms. The van der Waals surface area contributed by atoms with Crippen LogP contribution in [0, 0.1) is 5.92 Å². The fraction of sp³-hybridized carbons (Fsp3) is 0.632. The van der Waals surface area contributed by atoms with Gasteiger partial charge in [0.25, 0.3) is 0 Å². The first kappa shape index (κ1) is 17.8. The van der Waals surface area contributed by atoms with E-state index < -0.39 is 0 Å². The number of hydrogen-bond donors (Lipinski definition) is 1. The molecule has 0 spiro atoms. The van der Waals surface area contributed by atoms with Crippen LogP contribution in [0.4, 0.5) is 0 Å². The third kappa shape index (κ3) is 5.54. The van der Waals surface area contributed by atoms with E-state index in [1.165, 1.54) is 12.8 Å². The molecule has 0 aliphatic carbocycles. The molecule has 1 aliphatic heterocycles. The molecule has 1 atom stereocenters. The van der Waals surface area contributed by atoms with Crippen LogP contribution < -0.4 is 10.1 Å². The Balaban J connectivity index is 1.81. The highest BCUT2D eigenvalue weighted by molar-refractivity contribution is 5.78. The molecule has 1 unspecified atom stereocenters. The molecule has 0 radical (unpaired) electrons. The zero-order valence-electron chi connectivity index (χ0n) is 14.7. The van der Waals surface area contributed by atoms with Crippen LogP contribution >= 0.6 is 0 Å². The smallest absolute Gasteiger partial charge is 0.224 e. The van der Waals surface area contributed by atoms with E-state index in [4.69, 9.17) is 4.74 Å². The van der Waals surface area contributed by atoms with E-state index in [2.05, 4.69) is 24.1 Å². The second-order valence-corrected chi connectivity index (χ2v) is 6.61. The Morgan fingerprint density at radius 1 is 1.22 bits per heavy atom. The maximum atomic E-state index is 12.2. The average molecular weight is 318 g/mol. The van der Waals surface area contributed by atoms with Crippen LogP contribution in [-0.2, 0) is 11.2 Å². The summed E-state index contributed by atoms with van der Waals surface area (Å²) in [5, 5.41) is 3.12. The maximum Gasteiger partial charge on any atom is 0.224 e. The van der Waals surface area contributed by atoms with Gasteiger partial charge < -0.3 is 10.1 Å². The number of amides is 1. The third-order valence-electron chi connectivity index (χ3n) is 4.49. The summed E-state index contributed by atoms with van der Waals surface area (Å²) in [4.78, 5) is 14.7. The van der Waals surface area contributed by atoms with Crippen molar-refractivity contribution in [2.45, 2.75) is 46.1 Å². The second-order valence-electron chi connectivity index (χ2n) is 6.61. The van der Waals surface area contributed by atoms with E-state index in [1.807, 2.05) is 31.2 Å². The fourth-order valence-corrected chi connectivity index (χ4v) is 3.20. The van der Waals surface area contributed by atoms with Gasteiger partial charge >= 0.3 is 0 Å². The van der Waals surface area contributed by atoms with Crippen molar-refractivity contribution in [2.75, 3.05) is 26.2 Å². The SMILES string of the molecule is CCOc1ccc(CC(=O)NCC(C(C)C)N2CCCC2)cc1. The molecule has 1 aromatic carbocycles. The molecule has 1 amide bonds. The molecular weight excluding hydrogens is 288 g/mol. The van der Waals surface area contributed by atoms with Crippen molar-refractivity contribution in [1.82, 2.24) is 10.2 Å². The van der Waals surface area contributed by atoms with Gasteiger partial charge in [-0.25, -0.2) is 0 Å². The minimum absolute atomic E-state index is 0.0963. The Labute approximate surface area is 140 Å². The van der Waals surface area contributed by atoms with Crippen LogP contribution in [0.3, 0.4) is 0 Å². The lowest BCUT2D eigenvalue weighted by Gasteiger charge is -2.31. The fourth-order valence-electron chi connectivity index (χ4n) is 3.20. The predicted octanol–water partition coefficient (Wildman–Crippen LogP) is 2.86. The molecule has 1 aromatic rings. The maximum absolute atomic E-state index is 12.2. The van der Waals surface area contributed by atoms with Crippen molar-refractivity contribution in [3.05, 3.63) is 29.8 Å². The first-order chi connectivity index (χ1) is 11.1. The Morgan fingerprint density at radius 3 is 2.43 bits per heavy atom. The first-order valence-corrected chi connectivity index (χ1v) is 8.82. The Kier molecular flexibility index (Phi) is 6.90. The predicted molar refractivity (Wildman–Crippen MR) is 93.8 cm³/mol. The molecule has 1 heterocycles. The molecule has 1 saturated heterocycles. The van der Waals surface area contributed by atoms with Gasteiger partial charge in [-0.3, -0.25) is 9.69 Å². The summed E-state index contributed by atoms with van der Waals surface area (Å²) in [5.74, 6) is 1.50. The average Bonchev–Trinajstić information content (AvgIpc) is 3.03. The quantitative estimate of drug-likeness (QED) is 0.801. The third-order valence-corrected chi connectivity index (χ3v) is 4.49. The Bertz CT molecular complexity index is 479. The summed E-state index contributed by atoms with van der Waals surface area (Å²) in [6, 6.07) is 8.22. The Hall–Kier alpha value is -1.55. The number of ether oxygens (including phenoxy) is 1. The molecule has 1 aliphatic rings. The summed E-state index contributed by atoms with van der Waals surface area (Å²) in [6.45, 7) is 10.2. The summed E-state index contributed by atoms with van der Waals surface area (Å²) >= 11 is 0. The molecule has 0 aromatic heterocycles. The molecule has 0 saturated carbocycles. The van der Waals surface area contributed by atoms with Crippen molar-refractivity contribution in [1.29, 1.82) is 0 Å². The summed E-state index contributed by atoms with van der Waals surface area (Å²) in [6.07, 6.45) is 2.99. The van der Waals surface area contributed by atoms with E-state index >= 15 is 0 Å². The number of hydrogen-bond acceptors (Lipinski definition) is 3. The first-order valence-electron chi connectivity index (χ1n) is 8.82. The number of carbonyl (C=O) groups excluding carboxylic acids is 1. The summed E-state index contributed by atoms with van der Waals surface area (Å²) in [5.41, 5.74) is 1.02. The Morgan fingerprint density at radius 2 is 1.87 bits per heavy atom. The van der Waals surface area contributed by atoms with E-state index in [1.54, 1.807) is 0 Å². The zero-order chi connectivity index (χ0) is 16.7. The molecule has 2 rings (SSSR count). The van der Waals surface area contributed by atoms with E-state index in [-0.39, 0.29) is 5.91 Å². The molecule has 23 heavy (non-hydrogen) atoms. The highest BCUT2D eigenvalue weighted by atomic mass is 16.5. The standard InChI is InChI=1S/C19H30N2O2/c1-4-23-17-9-7-16(8-10-17)13-19(22)20-14-18(15(2)3)21-11-5-6-12-21/h7-10,15,18H,4-6,11-14H2,1-3H3,(H,20,22). The van der Waals surface area contributed by atoms with Gasteiger partial charge in [0.15, 0.2) is 0 Å². The number of nitrogens with one attached hydrogen (secondary N) is 1. The second kappa shape index (κ2) is 8.92. The normalized spacial score (nSPS) is 16.5. The van der Waals surface area contributed by atoms with Crippen molar-refractivity contribution >= 4 is 5.91 Å². The van der Waals surface area contributed by atoms with Gasteiger partial charge in [0, 0.05) is 12.6 Å².